The van der Waals surface area contributed by atoms with Crippen LogP contribution in [-0.2, 0) is 6.42 Å². The zero-order valence-corrected chi connectivity index (χ0v) is 14.1. The third kappa shape index (κ3) is 4.21. The lowest BCUT2D eigenvalue weighted by Crippen LogP contribution is -2.39. The van der Waals surface area contributed by atoms with Crippen molar-refractivity contribution in [3.8, 4) is 0 Å². The highest BCUT2D eigenvalue weighted by molar-refractivity contribution is 5.55. The van der Waals surface area contributed by atoms with E-state index in [1.54, 1.807) is 0 Å². The van der Waals surface area contributed by atoms with E-state index in [0.717, 1.165) is 13.0 Å². The van der Waals surface area contributed by atoms with E-state index in [4.69, 9.17) is 5.73 Å². The summed E-state index contributed by atoms with van der Waals surface area (Å²) in [6.07, 6.45) is 3.61. The van der Waals surface area contributed by atoms with E-state index in [-0.39, 0.29) is 6.04 Å². The quantitative estimate of drug-likeness (QED) is 0.874. The number of hydrogen-bond donors (Lipinski definition) is 1. The largest absolute Gasteiger partial charge is 0.373 e. The number of likely N-dealkylation sites (tertiary alicyclic amines) is 1. The molecule has 1 saturated heterocycles. The van der Waals surface area contributed by atoms with E-state index in [0.29, 0.717) is 6.04 Å². The molecule has 2 rings (SSSR count). The van der Waals surface area contributed by atoms with Crippen LogP contribution in [0.15, 0.2) is 18.2 Å². The second kappa shape index (κ2) is 7.28. The number of rotatable bonds is 6. The van der Waals surface area contributed by atoms with Gasteiger partial charge < -0.3 is 10.6 Å². The van der Waals surface area contributed by atoms with Crippen LogP contribution in [0.25, 0.3) is 0 Å². The van der Waals surface area contributed by atoms with Gasteiger partial charge in [0.15, 0.2) is 0 Å². The second-order valence-electron chi connectivity index (χ2n) is 6.62. The average Bonchev–Trinajstić information content (AvgIpc) is 2.85. The van der Waals surface area contributed by atoms with Crippen molar-refractivity contribution < 1.29 is 0 Å². The number of anilines is 1. The Kier molecular flexibility index (Phi) is 5.65. The van der Waals surface area contributed by atoms with Gasteiger partial charge in [-0.15, -0.1) is 0 Å². The van der Waals surface area contributed by atoms with Gasteiger partial charge >= 0.3 is 0 Å². The Balaban J connectivity index is 2.12. The second-order valence-corrected chi connectivity index (χ2v) is 6.62. The minimum atomic E-state index is 0.206. The summed E-state index contributed by atoms with van der Waals surface area (Å²) < 4.78 is 0. The van der Waals surface area contributed by atoms with Gasteiger partial charge in [0.05, 0.1) is 0 Å². The molecule has 21 heavy (non-hydrogen) atoms. The predicted molar refractivity (Wildman–Crippen MR) is 92.1 cm³/mol. The van der Waals surface area contributed by atoms with Gasteiger partial charge in [-0.1, -0.05) is 24.6 Å². The molecule has 1 aromatic rings. The molecule has 0 amide bonds. The van der Waals surface area contributed by atoms with Gasteiger partial charge in [0.2, 0.25) is 0 Å². The zero-order valence-electron chi connectivity index (χ0n) is 14.1. The minimum Gasteiger partial charge on any atom is -0.373 e. The van der Waals surface area contributed by atoms with Crippen molar-refractivity contribution in [3.05, 3.63) is 29.3 Å². The first kappa shape index (κ1) is 16.3. The van der Waals surface area contributed by atoms with E-state index in [9.17, 15) is 0 Å². The van der Waals surface area contributed by atoms with E-state index in [2.05, 4.69) is 55.8 Å². The zero-order chi connectivity index (χ0) is 15.4. The topological polar surface area (TPSA) is 32.5 Å². The van der Waals surface area contributed by atoms with Crippen LogP contribution in [0, 0.1) is 6.92 Å². The first-order chi connectivity index (χ1) is 10.0. The van der Waals surface area contributed by atoms with Gasteiger partial charge in [0.1, 0.15) is 0 Å². The van der Waals surface area contributed by atoms with E-state index < -0.39 is 0 Å². The van der Waals surface area contributed by atoms with Crippen molar-refractivity contribution in [2.75, 3.05) is 31.6 Å². The van der Waals surface area contributed by atoms with Crippen LogP contribution in [-0.4, -0.2) is 43.7 Å². The summed E-state index contributed by atoms with van der Waals surface area (Å²) in [5, 5.41) is 0. The molecule has 3 heteroatoms. The molecule has 3 nitrogen and oxygen atoms in total. The van der Waals surface area contributed by atoms with Gasteiger partial charge in [-0.05, 0) is 57.8 Å². The molecule has 1 fully saturated rings. The SMILES string of the molecule is CCN1CCCC1CN(C)c1ccc(C)cc1CC(C)N. The molecule has 0 radical (unpaired) electrons. The Hall–Kier alpha value is -1.06. The fourth-order valence-corrected chi connectivity index (χ4v) is 3.53. The first-order valence-corrected chi connectivity index (χ1v) is 8.31. The van der Waals surface area contributed by atoms with E-state index >= 15 is 0 Å². The van der Waals surface area contributed by atoms with Crippen LogP contribution >= 0.6 is 0 Å². The van der Waals surface area contributed by atoms with Crippen LogP contribution in [0.5, 0.6) is 0 Å². The molecule has 2 atom stereocenters. The summed E-state index contributed by atoms with van der Waals surface area (Å²) in [7, 11) is 2.22. The molecule has 0 spiro atoms. The lowest BCUT2D eigenvalue weighted by molar-refractivity contribution is 0.270. The predicted octanol–water partition coefficient (Wildman–Crippen LogP) is 2.81. The third-order valence-corrected chi connectivity index (χ3v) is 4.58. The number of nitrogens with two attached hydrogens (primary N) is 1. The van der Waals surface area contributed by atoms with Gasteiger partial charge in [-0.25, -0.2) is 0 Å². The Morgan fingerprint density at radius 1 is 1.43 bits per heavy atom. The number of nitrogens with zero attached hydrogens (tertiary/aromatic N) is 2. The van der Waals surface area contributed by atoms with Crippen molar-refractivity contribution in [3.63, 3.8) is 0 Å². The van der Waals surface area contributed by atoms with Crippen LogP contribution in [0.2, 0.25) is 0 Å². The summed E-state index contributed by atoms with van der Waals surface area (Å²) in [6.45, 7) is 10.1. The monoisotopic (exact) mass is 289 g/mol. The third-order valence-electron chi connectivity index (χ3n) is 4.58. The Morgan fingerprint density at radius 2 is 2.19 bits per heavy atom. The van der Waals surface area contributed by atoms with Gasteiger partial charge in [0.25, 0.3) is 0 Å². The number of likely N-dealkylation sites (N-methyl/N-ethyl adjacent to an activating group) is 2. The molecule has 1 aromatic carbocycles. The maximum atomic E-state index is 6.02. The van der Waals surface area contributed by atoms with Crippen LogP contribution < -0.4 is 10.6 Å². The van der Waals surface area contributed by atoms with Gasteiger partial charge in [-0.3, -0.25) is 4.90 Å². The summed E-state index contributed by atoms with van der Waals surface area (Å²) in [6, 6.07) is 7.67. The Morgan fingerprint density at radius 3 is 2.86 bits per heavy atom. The van der Waals surface area contributed by atoms with Crippen molar-refractivity contribution in [2.24, 2.45) is 5.73 Å². The van der Waals surface area contributed by atoms with Crippen LogP contribution in [0.4, 0.5) is 5.69 Å². The van der Waals surface area contributed by atoms with E-state index in [1.807, 2.05) is 0 Å². The lowest BCUT2D eigenvalue weighted by atomic mass is 10.0. The fraction of sp³-hybridized carbons (Fsp3) is 0.667. The van der Waals surface area contributed by atoms with Gasteiger partial charge in [0, 0.05) is 31.4 Å². The number of benzene rings is 1. The lowest BCUT2D eigenvalue weighted by Gasteiger charge is -2.30. The number of aryl methyl sites for hydroxylation is 1. The molecule has 0 bridgehead atoms. The summed E-state index contributed by atoms with van der Waals surface area (Å²) >= 11 is 0. The standard InChI is InChI=1S/C18H31N3/c1-5-21-10-6-7-17(21)13-20(4)18-9-8-14(2)11-16(18)12-15(3)19/h8-9,11,15,17H,5-7,10,12-13,19H2,1-4H3. The van der Waals surface area contributed by atoms with Crippen molar-refractivity contribution in [1.82, 2.24) is 4.90 Å². The molecule has 2 unspecified atom stereocenters. The first-order valence-electron chi connectivity index (χ1n) is 8.31. The maximum absolute atomic E-state index is 6.02. The highest BCUT2D eigenvalue weighted by atomic mass is 15.2. The molecule has 1 aliphatic heterocycles. The summed E-state index contributed by atoms with van der Waals surface area (Å²) in [5.74, 6) is 0. The Bertz CT molecular complexity index is 456. The minimum absolute atomic E-state index is 0.206. The molecule has 0 saturated carbocycles. The summed E-state index contributed by atoms with van der Waals surface area (Å²) in [5.41, 5.74) is 10.1. The molecular formula is C18H31N3. The molecule has 0 aromatic heterocycles. The summed E-state index contributed by atoms with van der Waals surface area (Å²) in [4.78, 5) is 5.03. The molecule has 0 aliphatic carbocycles. The molecule has 1 aliphatic rings. The highest BCUT2D eigenvalue weighted by Crippen LogP contribution is 2.25. The smallest absolute Gasteiger partial charge is 0.0397 e. The molecule has 2 N–H and O–H groups in total. The van der Waals surface area contributed by atoms with E-state index in [1.165, 1.54) is 42.7 Å². The fourth-order valence-electron chi connectivity index (χ4n) is 3.53. The van der Waals surface area contributed by atoms with Crippen molar-refractivity contribution in [1.29, 1.82) is 0 Å². The normalized spacial score (nSPS) is 20.7. The average molecular weight is 289 g/mol. The van der Waals surface area contributed by atoms with Crippen LogP contribution in [0.3, 0.4) is 0 Å². The molecular weight excluding hydrogens is 258 g/mol. The number of hydrogen-bond acceptors (Lipinski definition) is 3. The van der Waals surface area contributed by atoms with Gasteiger partial charge in [-0.2, -0.15) is 0 Å². The molecule has 1 heterocycles. The Labute approximate surface area is 130 Å². The highest BCUT2D eigenvalue weighted by Gasteiger charge is 2.24. The van der Waals surface area contributed by atoms with Crippen molar-refractivity contribution in [2.45, 2.75) is 52.1 Å². The molecule has 118 valence electrons. The maximum Gasteiger partial charge on any atom is 0.0397 e. The van der Waals surface area contributed by atoms with Crippen molar-refractivity contribution >= 4 is 5.69 Å². The van der Waals surface area contributed by atoms with Crippen LogP contribution in [0.1, 0.15) is 37.8 Å².